The summed E-state index contributed by atoms with van der Waals surface area (Å²) in [7, 11) is 3.91. The minimum absolute atomic E-state index is 0.331. The third-order valence-corrected chi connectivity index (χ3v) is 2.97. The van der Waals surface area contributed by atoms with Crippen molar-refractivity contribution in [2.24, 2.45) is 5.41 Å². The van der Waals surface area contributed by atoms with E-state index in [4.69, 9.17) is 4.74 Å². The largest absolute Gasteiger partial charge is 0.383 e. The Morgan fingerprint density at radius 2 is 1.88 bits per heavy atom. The van der Waals surface area contributed by atoms with Crippen molar-refractivity contribution in [2.45, 2.75) is 40.2 Å². The maximum Gasteiger partial charge on any atom is 0.0589 e. The highest BCUT2D eigenvalue weighted by atomic mass is 16.5. The molecule has 1 N–H and O–H groups in total. The van der Waals surface area contributed by atoms with Crippen LogP contribution in [0.4, 0.5) is 0 Å². The topological polar surface area (TPSA) is 24.5 Å². The van der Waals surface area contributed by atoms with Gasteiger partial charge in [-0.05, 0) is 32.0 Å². The monoisotopic (exact) mass is 230 g/mol. The van der Waals surface area contributed by atoms with Gasteiger partial charge >= 0.3 is 0 Å². The van der Waals surface area contributed by atoms with Crippen molar-refractivity contribution >= 4 is 0 Å². The summed E-state index contributed by atoms with van der Waals surface area (Å²) in [5.41, 5.74) is 0.331. The van der Waals surface area contributed by atoms with E-state index in [1.165, 1.54) is 6.42 Å². The number of nitrogens with one attached hydrogen (secondary N) is 1. The van der Waals surface area contributed by atoms with Crippen molar-refractivity contribution in [3.05, 3.63) is 0 Å². The second kappa shape index (κ2) is 8.04. The van der Waals surface area contributed by atoms with E-state index < -0.39 is 0 Å². The molecule has 3 heteroatoms. The van der Waals surface area contributed by atoms with Crippen molar-refractivity contribution in [2.75, 3.05) is 40.4 Å². The minimum atomic E-state index is 0.331. The Morgan fingerprint density at radius 3 is 2.31 bits per heavy atom. The van der Waals surface area contributed by atoms with Gasteiger partial charge in [-0.3, -0.25) is 0 Å². The predicted molar refractivity (Wildman–Crippen MR) is 70.9 cm³/mol. The lowest BCUT2D eigenvalue weighted by Gasteiger charge is -2.32. The first-order chi connectivity index (χ1) is 7.41. The molecule has 0 aromatic rings. The van der Waals surface area contributed by atoms with Gasteiger partial charge in [0.25, 0.3) is 0 Å². The third-order valence-electron chi connectivity index (χ3n) is 2.97. The van der Waals surface area contributed by atoms with Crippen LogP contribution in [0.5, 0.6) is 0 Å². The van der Waals surface area contributed by atoms with Crippen LogP contribution in [0.25, 0.3) is 0 Å². The second-order valence-electron chi connectivity index (χ2n) is 5.56. The summed E-state index contributed by atoms with van der Waals surface area (Å²) >= 11 is 0. The first kappa shape index (κ1) is 15.9. The van der Waals surface area contributed by atoms with Crippen molar-refractivity contribution in [1.29, 1.82) is 0 Å². The van der Waals surface area contributed by atoms with Crippen molar-refractivity contribution in [1.82, 2.24) is 10.2 Å². The number of hydrogen-bond acceptors (Lipinski definition) is 3. The highest BCUT2D eigenvalue weighted by molar-refractivity contribution is 4.80. The Bertz CT molecular complexity index is 166. The molecule has 98 valence electrons. The van der Waals surface area contributed by atoms with Crippen LogP contribution < -0.4 is 5.32 Å². The molecule has 0 spiro atoms. The summed E-state index contributed by atoms with van der Waals surface area (Å²) in [6.45, 7) is 13.1. The lowest BCUT2D eigenvalue weighted by atomic mass is 9.84. The van der Waals surface area contributed by atoms with Gasteiger partial charge in [-0.2, -0.15) is 0 Å². The van der Waals surface area contributed by atoms with Gasteiger partial charge in [0.2, 0.25) is 0 Å². The van der Waals surface area contributed by atoms with E-state index in [2.05, 4.69) is 45.0 Å². The third kappa shape index (κ3) is 7.20. The van der Waals surface area contributed by atoms with Crippen LogP contribution in [0.15, 0.2) is 0 Å². The molecule has 0 fully saturated rings. The summed E-state index contributed by atoms with van der Waals surface area (Å²) in [6, 6.07) is 0.586. The van der Waals surface area contributed by atoms with E-state index in [1.54, 1.807) is 7.11 Å². The number of methoxy groups -OCH3 is 1. The molecule has 0 radical (unpaired) electrons. The minimum Gasteiger partial charge on any atom is -0.383 e. The molecule has 0 bridgehead atoms. The average Bonchev–Trinajstić information content (AvgIpc) is 2.19. The van der Waals surface area contributed by atoms with Crippen LogP contribution in [0, 0.1) is 5.41 Å². The van der Waals surface area contributed by atoms with Crippen LogP contribution in [0.2, 0.25) is 0 Å². The molecule has 1 unspecified atom stereocenters. The Morgan fingerprint density at radius 1 is 1.25 bits per heavy atom. The quantitative estimate of drug-likeness (QED) is 0.690. The van der Waals surface area contributed by atoms with Crippen molar-refractivity contribution in [3.63, 3.8) is 0 Å². The zero-order valence-corrected chi connectivity index (χ0v) is 12.0. The van der Waals surface area contributed by atoms with Crippen LogP contribution >= 0.6 is 0 Å². The Balaban J connectivity index is 3.92. The normalized spacial score (nSPS) is 14.4. The summed E-state index contributed by atoms with van der Waals surface area (Å²) in [4.78, 5) is 2.33. The number of ether oxygens (including phenoxy) is 1. The average molecular weight is 230 g/mol. The van der Waals surface area contributed by atoms with Crippen LogP contribution in [0.3, 0.4) is 0 Å². The standard InChI is InChI=1S/C13H30N2O/c1-7-14-12(13(2,3)4)8-9-15(5)10-11-16-6/h12,14H,7-11H2,1-6H3. The first-order valence-electron chi connectivity index (χ1n) is 6.32. The van der Waals surface area contributed by atoms with Crippen LogP contribution in [-0.4, -0.2) is 51.3 Å². The number of nitrogens with zero attached hydrogens (tertiary/aromatic N) is 1. The Labute approximate surface area is 102 Å². The van der Waals surface area contributed by atoms with Gasteiger partial charge < -0.3 is 15.0 Å². The summed E-state index contributed by atoms with van der Waals surface area (Å²) in [5.74, 6) is 0. The van der Waals surface area contributed by atoms with Crippen LogP contribution in [0.1, 0.15) is 34.1 Å². The molecule has 0 aliphatic carbocycles. The summed E-state index contributed by atoms with van der Waals surface area (Å²) in [5, 5.41) is 3.58. The van der Waals surface area contributed by atoms with E-state index >= 15 is 0 Å². The molecule has 3 nitrogen and oxygen atoms in total. The van der Waals surface area contributed by atoms with E-state index in [0.29, 0.717) is 11.5 Å². The fourth-order valence-electron chi connectivity index (χ4n) is 1.80. The highest BCUT2D eigenvalue weighted by Crippen LogP contribution is 2.21. The molecule has 0 rings (SSSR count). The number of hydrogen-bond donors (Lipinski definition) is 1. The van der Waals surface area contributed by atoms with E-state index in [9.17, 15) is 0 Å². The van der Waals surface area contributed by atoms with Gasteiger partial charge in [0.15, 0.2) is 0 Å². The molecule has 0 saturated carbocycles. The maximum atomic E-state index is 5.08. The summed E-state index contributed by atoms with van der Waals surface area (Å²) < 4.78 is 5.08. The number of rotatable bonds is 8. The van der Waals surface area contributed by atoms with Crippen molar-refractivity contribution < 1.29 is 4.74 Å². The number of likely N-dealkylation sites (N-methyl/N-ethyl adjacent to an activating group) is 1. The van der Waals surface area contributed by atoms with E-state index in [1.807, 2.05) is 0 Å². The zero-order valence-electron chi connectivity index (χ0n) is 12.0. The van der Waals surface area contributed by atoms with Crippen LogP contribution in [-0.2, 0) is 4.74 Å². The van der Waals surface area contributed by atoms with Gasteiger partial charge in [0, 0.05) is 19.7 Å². The smallest absolute Gasteiger partial charge is 0.0589 e. The Kier molecular flexibility index (Phi) is 7.98. The molecule has 0 aromatic carbocycles. The molecule has 1 atom stereocenters. The van der Waals surface area contributed by atoms with Crippen molar-refractivity contribution in [3.8, 4) is 0 Å². The maximum absolute atomic E-state index is 5.08. The van der Waals surface area contributed by atoms with Gasteiger partial charge in [-0.1, -0.05) is 27.7 Å². The molecule has 0 aromatic heterocycles. The van der Waals surface area contributed by atoms with Gasteiger partial charge in [0.1, 0.15) is 0 Å². The highest BCUT2D eigenvalue weighted by Gasteiger charge is 2.23. The summed E-state index contributed by atoms with van der Waals surface area (Å²) in [6.07, 6.45) is 1.19. The fraction of sp³-hybridized carbons (Fsp3) is 1.00. The van der Waals surface area contributed by atoms with Gasteiger partial charge in [-0.15, -0.1) is 0 Å². The second-order valence-corrected chi connectivity index (χ2v) is 5.56. The lowest BCUT2D eigenvalue weighted by Crippen LogP contribution is -2.42. The predicted octanol–water partition coefficient (Wildman–Crippen LogP) is 1.98. The SMILES string of the molecule is CCNC(CCN(C)CCOC)C(C)(C)C. The molecule has 0 aliphatic rings. The lowest BCUT2D eigenvalue weighted by molar-refractivity contribution is 0.152. The molecule has 0 amide bonds. The van der Waals surface area contributed by atoms with Gasteiger partial charge in [0.05, 0.1) is 6.61 Å². The molecular formula is C13H30N2O. The molecule has 0 heterocycles. The molecular weight excluding hydrogens is 200 g/mol. The van der Waals surface area contributed by atoms with E-state index in [-0.39, 0.29) is 0 Å². The van der Waals surface area contributed by atoms with E-state index in [0.717, 1.165) is 26.2 Å². The Hall–Kier alpha value is -0.120. The molecule has 0 saturated heterocycles. The fourth-order valence-corrected chi connectivity index (χ4v) is 1.80. The first-order valence-corrected chi connectivity index (χ1v) is 6.32. The molecule has 16 heavy (non-hydrogen) atoms. The van der Waals surface area contributed by atoms with Gasteiger partial charge in [-0.25, -0.2) is 0 Å². The zero-order chi connectivity index (χ0) is 12.6. The molecule has 0 aliphatic heterocycles.